The molecule has 2 aromatic carbocycles. The lowest BCUT2D eigenvalue weighted by atomic mass is 9.87. The molecule has 1 aliphatic heterocycles. The van der Waals surface area contributed by atoms with Gasteiger partial charge in [-0.25, -0.2) is 9.59 Å². The van der Waals surface area contributed by atoms with Crippen LogP contribution in [0.5, 0.6) is 0 Å². The molecule has 2 aromatic rings. The van der Waals surface area contributed by atoms with Gasteiger partial charge in [0.25, 0.3) is 0 Å². The molecule has 2 unspecified atom stereocenters. The van der Waals surface area contributed by atoms with Gasteiger partial charge in [0.1, 0.15) is 41.4 Å². The van der Waals surface area contributed by atoms with Gasteiger partial charge in [-0.3, -0.25) is 28.9 Å². The van der Waals surface area contributed by atoms with Crippen molar-refractivity contribution >= 4 is 41.8 Å². The maximum atomic E-state index is 14.3. The Kier molecular flexibility index (Phi) is 20.7. The molecule has 1 heterocycles. The summed E-state index contributed by atoms with van der Waals surface area (Å²) in [7, 11) is 1.57. The van der Waals surface area contributed by atoms with E-state index in [2.05, 4.69) is 26.6 Å². The Morgan fingerprint density at radius 1 is 0.754 bits per heavy atom. The number of likely N-dealkylation sites (N-methyl/N-ethyl adjacent to an activating group) is 1. The fraction of sp³-hybridized carbons (Fsp3) is 0.604. The van der Waals surface area contributed by atoms with Crippen LogP contribution in [-0.2, 0) is 46.3 Å². The van der Waals surface area contributed by atoms with Gasteiger partial charge in [0.15, 0.2) is 0 Å². The van der Waals surface area contributed by atoms with E-state index in [0.717, 1.165) is 11.1 Å². The zero-order valence-electron chi connectivity index (χ0n) is 39.8. The lowest BCUT2D eigenvalue weighted by Gasteiger charge is -2.40. The Morgan fingerprint density at radius 2 is 1.31 bits per heavy atom. The van der Waals surface area contributed by atoms with E-state index in [4.69, 9.17) is 9.47 Å². The maximum absolute atomic E-state index is 14.3. The Balaban J connectivity index is 1.83. The summed E-state index contributed by atoms with van der Waals surface area (Å²) in [5, 5.41) is 24.1. The van der Waals surface area contributed by atoms with E-state index in [1.807, 2.05) is 74.5 Å². The minimum Gasteiger partial charge on any atom is -0.480 e. The number of hydrogen-bond donors (Lipinski definition) is 6. The number of alkyl carbamates (subject to hydrolysis) is 1. The van der Waals surface area contributed by atoms with E-state index in [9.17, 15) is 38.7 Å². The van der Waals surface area contributed by atoms with Crippen LogP contribution in [0.4, 0.5) is 9.59 Å². The highest BCUT2D eigenvalue weighted by Crippen LogP contribution is 2.24. The highest BCUT2D eigenvalue weighted by molar-refractivity contribution is 5.95. The topological polar surface area (TPSA) is 225 Å². The molecule has 65 heavy (non-hydrogen) atoms. The molecule has 0 radical (unpaired) electrons. The molecule has 6 amide bonds. The summed E-state index contributed by atoms with van der Waals surface area (Å²) in [5.41, 5.74) is -0.981. The lowest BCUT2D eigenvalue weighted by Crippen LogP contribution is -2.61. The highest BCUT2D eigenvalue weighted by Gasteiger charge is 2.42. The summed E-state index contributed by atoms with van der Waals surface area (Å²) in [6.45, 7) is 14.6. The fourth-order valence-electron chi connectivity index (χ4n) is 7.33. The molecule has 1 saturated heterocycles. The Hall–Kier alpha value is -5.71. The predicted octanol–water partition coefficient (Wildman–Crippen LogP) is 4.57. The molecule has 0 saturated carbocycles. The Labute approximate surface area is 384 Å². The number of unbranched alkanes of at least 4 members (excludes halogenated alkanes) is 1. The zero-order chi connectivity index (χ0) is 48.4. The molecule has 3 atom stereocenters. The monoisotopic (exact) mass is 908 g/mol. The molecule has 6 N–H and O–H groups in total. The number of carboxylic acid groups (broad SMARTS) is 1. The van der Waals surface area contributed by atoms with E-state index < -0.39 is 77.3 Å². The molecule has 0 aliphatic carbocycles. The van der Waals surface area contributed by atoms with Crippen molar-refractivity contribution in [2.45, 2.75) is 142 Å². The smallest absolute Gasteiger partial charge is 0.410 e. The number of aliphatic carboxylic acids is 1. The Morgan fingerprint density at radius 3 is 1.85 bits per heavy atom. The highest BCUT2D eigenvalue weighted by atomic mass is 16.6. The van der Waals surface area contributed by atoms with E-state index in [-0.39, 0.29) is 70.1 Å². The van der Waals surface area contributed by atoms with Crippen LogP contribution in [0.3, 0.4) is 0 Å². The van der Waals surface area contributed by atoms with Crippen LogP contribution in [0.1, 0.15) is 105 Å². The van der Waals surface area contributed by atoms with E-state index in [1.165, 1.54) is 4.90 Å². The predicted molar refractivity (Wildman–Crippen MR) is 247 cm³/mol. The fourth-order valence-corrected chi connectivity index (χ4v) is 7.33. The minimum atomic E-state index is -1.18. The van der Waals surface area contributed by atoms with Gasteiger partial charge in [0, 0.05) is 32.6 Å². The Bertz CT molecular complexity index is 1870. The first-order valence-corrected chi connectivity index (χ1v) is 22.6. The number of carbonyl (C=O) groups is 7. The van der Waals surface area contributed by atoms with Crippen LogP contribution in [0, 0.1) is 5.92 Å². The van der Waals surface area contributed by atoms with Crippen molar-refractivity contribution < 1.29 is 48.1 Å². The third kappa shape index (κ3) is 19.1. The van der Waals surface area contributed by atoms with Crippen molar-refractivity contribution in [3.8, 4) is 0 Å². The number of amides is 6. The van der Waals surface area contributed by atoms with Gasteiger partial charge in [0.2, 0.25) is 23.6 Å². The number of carbonyl (C=O) groups excluding carboxylic acids is 6. The summed E-state index contributed by atoms with van der Waals surface area (Å²) < 4.78 is 10.9. The van der Waals surface area contributed by atoms with Crippen molar-refractivity contribution in [3.05, 3.63) is 71.8 Å². The summed E-state index contributed by atoms with van der Waals surface area (Å²) in [6, 6.07) is 15.3. The maximum Gasteiger partial charge on any atom is 0.410 e. The summed E-state index contributed by atoms with van der Waals surface area (Å²) in [6.07, 6.45) is 0.873. The van der Waals surface area contributed by atoms with Crippen molar-refractivity contribution in [2.75, 3.05) is 39.8 Å². The molecular formula is C48H73N7O10. The van der Waals surface area contributed by atoms with E-state index >= 15 is 0 Å². The SMILES string of the molecule is CNC1(C(=O)O)CCN(C(=O)C(CCCCNC(=O)OC(C)(C)C)NC(=O)[C@@H](CC(C)C)NC(=O)C(Cc2ccccc2)NC(=O)CN(CCc2ccccc2)C(=O)OC(C)(C)C)CC1. The zero-order valence-corrected chi connectivity index (χ0v) is 39.8. The van der Waals surface area contributed by atoms with Crippen molar-refractivity contribution in [1.29, 1.82) is 0 Å². The van der Waals surface area contributed by atoms with Crippen molar-refractivity contribution in [2.24, 2.45) is 5.92 Å². The number of rotatable bonds is 22. The molecule has 17 nitrogen and oxygen atoms in total. The number of benzene rings is 2. The largest absolute Gasteiger partial charge is 0.480 e. The molecule has 1 fully saturated rings. The molecule has 0 aromatic heterocycles. The lowest BCUT2D eigenvalue weighted by molar-refractivity contribution is -0.149. The van der Waals surface area contributed by atoms with Gasteiger partial charge in [-0.05, 0) is 111 Å². The second kappa shape index (κ2) is 25.1. The average Bonchev–Trinajstić information content (AvgIpc) is 3.23. The first-order chi connectivity index (χ1) is 30.5. The number of likely N-dealkylation sites (tertiary alicyclic amines) is 1. The number of ether oxygens (including phenoxy) is 2. The van der Waals surface area contributed by atoms with E-state index in [0.29, 0.717) is 19.3 Å². The number of piperidine rings is 1. The number of hydrogen-bond acceptors (Lipinski definition) is 10. The summed E-state index contributed by atoms with van der Waals surface area (Å²) >= 11 is 0. The number of nitrogens with one attached hydrogen (secondary N) is 5. The molecule has 0 bridgehead atoms. The van der Waals surface area contributed by atoms with Gasteiger partial charge in [-0.15, -0.1) is 0 Å². The molecule has 3 rings (SSSR count). The van der Waals surface area contributed by atoms with Crippen molar-refractivity contribution in [1.82, 2.24) is 36.4 Å². The normalized spacial score (nSPS) is 15.1. The van der Waals surface area contributed by atoms with Crippen LogP contribution >= 0.6 is 0 Å². The number of carboxylic acids is 1. The molecule has 1 aliphatic rings. The number of nitrogens with zero attached hydrogens (tertiary/aromatic N) is 2. The van der Waals surface area contributed by atoms with Crippen LogP contribution in [0.25, 0.3) is 0 Å². The summed E-state index contributed by atoms with van der Waals surface area (Å²) in [4.78, 5) is 97.1. The van der Waals surface area contributed by atoms with Crippen LogP contribution in [-0.4, -0.2) is 131 Å². The standard InChI is InChI=1S/C48H73N7O10/c1-33(2)30-37(40(57)52-36(22-16-17-26-50-44(62)64-46(3,4)5)42(59)54-28-24-48(49-9,25-29-54)43(60)61)53-41(58)38(31-35-20-14-11-15-21-35)51-39(56)32-55(45(63)65-47(6,7)8)27-23-34-18-12-10-13-19-34/h10-15,18-21,33,36-38,49H,16-17,22-32H2,1-9H3,(H,50,62)(H,51,56)(H,52,57)(H,53,58)(H,60,61)/t36?,37-,38?/m1/s1. The average molecular weight is 908 g/mol. The summed E-state index contributed by atoms with van der Waals surface area (Å²) in [5.74, 6) is -3.33. The van der Waals surface area contributed by atoms with Gasteiger partial charge < -0.3 is 46.1 Å². The second-order valence-electron chi connectivity index (χ2n) is 19.1. The van der Waals surface area contributed by atoms with Gasteiger partial charge in [-0.1, -0.05) is 74.5 Å². The third-order valence-electron chi connectivity index (χ3n) is 10.8. The van der Waals surface area contributed by atoms with Gasteiger partial charge in [-0.2, -0.15) is 0 Å². The molecule has 17 heteroatoms. The minimum absolute atomic E-state index is 0.0722. The van der Waals surface area contributed by atoms with E-state index in [1.54, 1.807) is 53.5 Å². The van der Waals surface area contributed by atoms with Crippen LogP contribution in [0.2, 0.25) is 0 Å². The molecular weight excluding hydrogens is 835 g/mol. The quantitative estimate of drug-likeness (QED) is 0.0898. The molecule has 0 spiro atoms. The molecule has 360 valence electrons. The van der Waals surface area contributed by atoms with Crippen LogP contribution in [0.15, 0.2) is 60.7 Å². The first-order valence-electron chi connectivity index (χ1n) is 22.6. The van der Waals surface area contributed by atoms with Gasteiger partial charge in [0.05, 0.1) is 0 Å². The van der Waals surface area contributed by atoms with Gasteiger partial charge >= 0.3 is 18.2 Å². The second-order valence-corrected chi connectivity index (χ2v) is 19.1. The van der Waals surface area contributed by atoms with Crippen molar-refractivity contribution in [3.63, 3.8) is 0 Å². The van der Waals surface area contributed by atoms with Crippen LogP contribution < -0.4 is 26.6 Å². The third-order valence-corrected chi connectivity index (χ3v) is 10.8. The first kappa shape index (κ1) is 53.6.